The number of nitrogens with one attached hydrogen (secondary N) is 2. The Morgan fingerprint density at radius 1 is 1.42 bits per heavy atom. The minimum Gasteiger partial charge on any atom is -0.399 e. The molecule has 19 heavy (non-hydrogen) atoms. The Bertz CT molecular complexity index is 600. The second-order valence-electron chi connectivity index (χ2n) is 4.48. The van der Waals surface area contributed by atoms with E-state index in [2.05, 4.69) is 10.6 Å². The first-order chi connectivity index (χ1) is 8.86. The van der Waals surface area contributed by atoms with Gasteiger partial charge in [-0.3, -0.25) is 4.79 Å². The maximum Gasteiger partial charge on any atom is 0.240 e. The molecule has 1 aliphatic heterocycles. The van der Waals surface area contributed by atoms with Gasteiger partial charge in [-0.2, -0.15) is 0 Å². The first-order valence-corrected chi connectivity index (χ1v) is 7.36. The maximum atomic E-state index is 11.5. The van der Waals surface area contributed by atoms with E-state index in [9.17, 15) is 13.2 Å². The van der Waals surface area contributed by atoms with Crippen LogP contribution in [0, 0.1) is 0 Å². The second kappa shape index (κ2) is 5.06. The Labute approximate surface area is 111 Å². The van der Waals surface area contributed by atoms with Gasteiger partial charge in [-0.25, -0.2) is 13.6 Å². The molecule has 1 aliphatic rings. The van der Waals surface area contributed by atoms with Gasteiger partial charge in [-0.05, 0) is 24.6 Å². The number of carbonyl (C=O) groups is 1. The van der Waals surface area contributed by atoms with E-state index < -0.39 is 10.0 Å². The normalized spacial score (nSPS) is 19.2. The Morgan fingerprint density at radius 2 is 2.16 bits per heavy atom. The summed E-state index contributed by atoms with van der Waals surface area (Å²) in [6.07, 6.45) is 1.22. The smallest absolute Gasteiger partial charge is 0.240 e. The number of carbonyl (C=O) groups excluding carboxylic acids is 1. The van der Waals surface area contributed by atoms with Crippen molar-refractivity contribution in [1.29, 1.82) is 0 Å². The molecule has 1 amide bonds. The predicted octanol–water partition coefficient (Wildman–Crippen LogP) is -0.393. The summed E-state index contributed by atoms with van der Waals surface area (Å²) in [5, 5.41) is 10.9. The van der Waals surface area contributed by atoms with E-state index in [-0.39, 0.29) is 16.8 Å². The van der Waals surface area contributed by atoms with E-state index in [0.717, 1.165) is 6.42 Å². The summed E-state index contributed by atoms with van der Waals surface area (Å²) in [4.78, 5) is 11.0. The lowest BCUT2D eigenvalue weighted by atomic mass is 10.2. The highest BCUT2D eigenvalue weighted by Gasteiger charge is 2.21. The number of amides is 1. The van der Waals surface area contributed by atoms with E-state index >= 15 is 0 Å². The zero-order chi connectivity index (χ0) is 14.0. The van der Waals surface area contributed by atoms with Crippen molar-refractivity contribution in [1.82, 2.24) is 5.32 Å². The maximum absolute atomic E-state index is 11.5. The zero-order valence-corrected chi connectivity index (χ0v) is 11.0. The van der Waals surface area contributed by atoms with Crippen LogP contribution in [-0.2, 0) is 14.8 Å². The van der Waals surface area contributed by atoms with Crippen LogP contribution in [0.5, 0.6) is 0 Å². The summed E-state index contributed by atoms with van der Waals surface area (Å²) in [6, 6.07) is 4.46. The molecule has 0 aromatic heterocycles. The molecule has 6 N–H and O–H groups in total. The van der Waals surface area contributed by atoms with Crippen LogP contribution in [-0.4, -0.2) is 26.9 Å². The fraction of sp³-hybridized carbons (Fsp3) is 0.364. The molecular formula is C11H16N4O3S. The molecule has 1 atom stereocenters. The fourth-order valence-corrected chi connectivity index (χ4v) is 2.73. The summed E-state index contributed by atoms with van der Waals surface area (Å²) in [7, 11) is -3.84. The molecule has 0 aliphatic carbocycles. The van der Waals surface area contributed by atoms with E-state index in [4.69, 9.17) is 10.9 Å². The van der Waals surface area contributed by atoms with E-state index in [0.29, 0.717) is 24.3 Å². The first-order valence-electron chi connectivity index (χ1n) is 5.82. The zero-order valence-electron chi connectivity index (χ0n) is 10.2. The average Bonchev–Trinajstić information content (AvgIpc) is 2.72. The van der Waals surface area contributed by atoms with Gasteiger partial charge in [0.2, 0.25) is 15.9 Å². The molecule has 1 fully saturated rings. The highest BCUT2D eigenvalue weighted by Crippen LogP contribution is 2.23. The third kappa shape index (κ3) is 3.36. The van der Waals surface area contributed by atoms with Crippen molar-refractivity contribution in [2.75, 3.05) is 17.6 Å². The van der Waals surface area contributed by atoms with Crippen LogP contribution in [0.2, 0.25) is 0 Å². The predicted molar refractivity (Wildman–Crippen MR) is 71.9 cm³/mol. The minimum atomic E-state index is -3.84. The molecule has 7 nitrogen and oxygen atoms in total. The number of rotatable bonds is 4. The quantitative estimate of drug-likeness (QED) is 0.560. The average molecular weight is 284 g/mol. The van der Waals surface area contributed by atoms with E-state index in [1.165, 1.54) is 6.07 Å². The third-order valence-electron chi connectivity index (χ3n) is 2.94. The van der Waals surface area contributed by atoms with Crippen LogP contribution in [0.4, 0.5) is 11.4 Å². The lowest BCUT2D eigenvalue weighted by Crippen LogP contribution is -2.32. The molecule has 1 aromatic rings. The van der Waals surface area contributed by atoms with Gasteiger partial charge in [0.05, 0.1) is 5.69 Å². The van der Waals surface area contributed by atoms with Gasteiger partial charge < -0.3 is 16.4 Å². The second-order valence-corrected chi connectivity index (χ2v) is 6.01. The molecule has 0 bridgehead atoms. The van der Waals surface area contributed by atoms with Crippen LogP contribution in [0.3, 0.4) is 0 Å². The molecule has 0 saturated carbocycles. The van der Waals surface area contributed by atoms with Crippen molar-refractivity contribution in [3.8, 4) is 0 Å². The van der Waals surface area contributed by atoms with Gasteiger partial charge in [0.1, 0.15) is 4.90 Å². The lowest BCUT2D eigenvalue weighted by Gasteiger charge is -2.15. The molecule has 1 heterocycles. The van der Waals surface area contributed by atoms with Gasteiger partial charge in [-0.1, -0.05) is 0 Å². The number of sulfonamides is 1. The van der Waals surface area contributed by atoms with Crippen LogP contribution in [0.15, 0.2) is 23.1 Å². The van der Waals surface area contributed by atoms with E-state index in [1.54, 1.807) is 12.1 Å². The molecule has 0 radical (unpaired) electrons. The monoisotopic (exact) mass is 284 g/mol. The number of hydrogen-bond donors (Lipinski definition) is 4. The van der Waals surface area contributed by atoms with Crippen LogP contribution in [0.1, 0.15) is 12.8 Å². The number of benzene rings is 1. The SMILES string of the molecule is Nc1ccc(NCC2CCC(=O)N2)c(S(N)(=O)=O)c1. The summed E-state index contributed by atoms with van der Waals surface area (Å²) in [5.41, 5.74) is 6.27. The summed E-state index contributed by atoms with van der Waals surface area (Å²) in [5.74, 6) is 0.00998. The molecule has 104 valence electrons. The first kappa shape index (κ1) is 13.6. The van der Waals surface area contributed by atoms with E-state index in [1.807, 2.05) is 0 Å². The largest absolute Gasteiger partial charge is 0.399 e. The van der Waals surface area contributed by atoms with Crippen molar-refractivity contribution in [3.63, 3.8) is 0 Å². The molecule has 8 heteroatoms. The van der Waals surface area contributed by atoms with Crippen LogP contribution < -0.4 is 21.5 Å². The Kier molecular flexibility index (Phi) is 3.63. The van der Waals surface area contributed by atoms with Gasteiger partial charge in [-0.15, -0.1) is 0 Å². The molecule has 2 rings (SSSR count). The molecule has 1 saturated heterocycles. The van der Waals surface area contributed by atoms with Gasteiger partial charge in [0.15, 0.2) is 0 Å². The summed E-state index contributed by atoms with van der Waals surface area (Å²) < 4.78 is 22.9. The van der Waals surface area contributed by atoms with Crippen molar-refractivity contribution < 1.29 is 13.2 Å². The summed E-state index contributed by atoms with van der Waals surface area (Å²) >= 11 is 0. The molecule has 1 unspecified atom stereocenters. The number of hydrogen-bond acceptors (Lipinski definition) is 5. The number of anilines is 2. The van der Waals surface area contributed by atoms with Crippen LogP contribution in [0.25, 0.3) is 0 Å². The topological polar surface area (TPSA) is 127 Å². The number of nitrogens with two attached hydrogens (primary N) is 2. The van der Waals surface area contributed by atoms with Gasteiger partial charge >= 0.3 is 0 Å². The van der Waals surface area contributed by atoms with Crippen molar-refractivity contribution >= 4 is 27.3 Å². The fourth-order valence-electron chi connectivity index (χ4n) is 1.98. The third-order valence-corrected chi connectivity index (χ3v) is 3.89. The van der Waals surface area contributed by atoms with Gasteiger partial charge in [0.25, 0.3) is 0 Å². The van der Waals surface area contributed by atoms with Gasteiger partial charge in [0, 0.05) is 24.7 Å². The molecule has 0 spiro atoms. The molecular weight excluding hydrogens is 268 g/mol. The van der Waals surface area contributed by atoms with Crippen molar-refractivity contribution in [2.45, 2.75) is 23.8 Å². The Hall–Kier alpha value is -1.80. The standard InChI is InChI=1S/C11H16N4O3S/c12-7-1-3-9(10(5-7)19(13,17)18)14-6-8-2-4-11(16)15-8/h1,3,5,8,14H,2,4,6,12H2,(H,15,16)(H2,13,17,18). The highest BCUT2D eigenvalue weighted by molar-refractivity contribution is 7.89. The molecule has 1 aromatic carbocycles. The Morgan fingerprint density at radius 3 is 2.74 bits per heavy atom. The Balaban J connectivity index is 2.14. The summed E-state index contributed by atoms with van der Waals surface area (Å²) in [6.45, 7) is 0.443. The lowest BCUT2D eigenvalue weighted by molar-refractivity contribution is -0.119. The van der Waals surface area contributed by atoms with Crippen LogP contribution >= 0.6 is 0 Å². The van der Waals surface area contributed by atoms with Crippen molar-refractivity contribution in [3.05, 3.63) is 18.2 Å². The number of primary sulfonamides is 1. The van der Waals surface area contributed by atoms with Crippen molar-refractivity contribution in [2.24, 2.45) is 5.14 Å². The number of nitrogen functional groups attached to an aromatic ring is 1. The minimum absolute atomic E-state index is 0.00150. The highest BCUT2D eigenvalue weighted by atomic mass is 32.2.